The van der Waals surface area contributed by atoms with Crippen molar-refractivity contribution in [3.63, 3.8) is 0 Å². The first-order chi connectivity index (χ1) is 11.3. The first kappa shape index (κ1) is 16.4. The Labute approximate surface area is 142 Å². The number of nitrogens with two attached hydrogens (primary N) is 1. The van der Waals surface area contributed by atoms with Gasteiger partial charge in [-0.25, -0.2) is 4.79 Å². The Kier molecular flexibility index (Phi) is 3.99. The van der Waals surface area contributed by atoms with Crippen LogP contribution in [0.5, 0.6) is 0 Å². The molecule has 24 heavy (non-hydrogen) atoms. The fourth-order valence-corrected chi connectivity index (χ4v) is 3.50. The molecule has 1 aliphatic heterocycles. The summed E-state index contributed by atoms with van der Waals surface area (Å²) in [7, 11) is 0. The lowest BCUT2D eigenvalue weighted by molar-refractivity contribution is 0.100. The number of benzene rings is 2. The number of carbonyl (C=O) groups is 1. The molecule has 2 aromatic carbocycles. The molecule has 0 aliphatic carbocycles. The van der Waals surface area contributed by atoms with E-state index in [0.29, 0.717) is 13.0 Å². The monoisotopic (exact) mass is 324 g/mol. The summed E-state index contributed by atoms with van der Waals surface area (Å²) in [5.74, 6) is 0. The lowest BCUT2D eigenvalue weighted by Gasteiger charge is -2.40. The molecule has 3 N–H and O–H groups in total. The normalized spacial score (nSPS) is 18.5. The largest absolute Gasteiger partial charge is 0.465 e. The second kappa shape index (κ2) is 5.86. The molecule has 4 heteroatoms. The minimum Gasteiger partial charge on any atom is -0.465 e. The molecule has 126 valence electrons. The van der Waals surface area contributed by atoms with Crippen molar-refractivity contribution in [3.05, 3.63) is 48.0 Å². The van der Waals surface area contributed by atoms with Gasteiger partial charge in [0.1, 0.15) is 0 Å². The molecule has 0 radical (unpaired) electrons. The van der Waals surface area contributed by atoms with Crippen molar-refractivity contribution in [1.82, 2.24) is 4.90 Å². The van der Waals surface area contributed by atoms with Gasteiger partial charge in [-0.3, -0.25) is 0 Å². The van der Waals surface area contributed by atoms with Crippen molar-refractivity contribution in [2.45, 2.75) is 33.2 Å². The van der Waals surface area contributed by atoms with Crippen LogP contribution in [-0.2, 0) is 0 Å². The highest BCUT2D eigenvalue weighted by molar-refractivity contribution is 6.00. The fraction of sp³-hybridized carbons (Fsp3) is 0.350. The Morgan fingerprint density at radius 1 is 1.17 bits per heavy atom. The minimum atomic E-state index is -0.854. The molecule has 0 bridgehead atoms. The Hall–Kier alpha value is -2.49. The quantitative estimate of drug-likeness (QED) is 0.753. The van der Waals surface area contributed by atoms with Crippen molar-refractivity contribution in [2.75, 3.05) is 12.3 Å². The predicted molar refractivity (Wildman–Crippen MR) is 98.9 cm³/mol. The van der Waals surface area contributed by atoms with Gasteiger partial charge in [0.25, 0.3) is 0 Å². The van der Waals surface area contributed by atoms with Crippen LogP contribution in [0.4, 0.5) is 10.5 Å². The number of anilines is 1. The van der Waals surface area contributed by atoms with Crippen LogP contribution in [0.25, 0.3) is 16.3 Å². The van der Waals surface area contributed by atoms with Crippen LogP contribution in [0.2, 0.25) is 0 Å². The van der Waals surface area contributed by atoms with Crippen molar-refractivity contribution in [1.29, 1.82) is 0 Å². The topological polar surface area (TPSA) is 66.6 Å². The van der Waals surface area contributed by atoms with E-state index in [1.165, 1.54) is 5.57 Å². The molecule has 1 atom stereocenters. The summed E-state index contributed by atoms with van der Waals surface area (Å²) in [5.41, 5.74) is 9.07. The molecule has 1 heterocycles. The fourth-order valence-electron chi connectivity index (χ4n) is 3.50. The van der Waals surface area contributed by atoms with Crippen LogP contribution in [0.15, 0.2) is 42.5 Å². The predicted octanol–water partition coefficient (Wildman–Crippen LogP) is 4.60. The van der Waals surface area contributed by atoms with Gasteiger partial charge in [-0.2, -0.15) is 0 Å². The summed E-state index contributed by atoms with van der Waals surface area (Å²) in [6.07, 6.45) is 1.98. The number of carboxylic acid groups (broad SMARTS) is 1. The average Bonchev–Trinajstić information content (AvgIpc) is 2.54. The number of amides is 1. The van der Waals surface area contributed by atoms with E-state index in [1.807, 2.05) is 24.3 Å². The Bertz CT molecular complexity index is 818. The lowest BCUT2D eigenvalue weighted by Crippen LogP contribution is -2.48. The molecular weight excluding hydrogens is 300 g/mol. The van der Waals surface area contributed by atoms with E-state index in [2.05, 4.69) is 39.0 Å². The van der Waals surface area contributed by atoms with Crippen molar-refractivity contribution >= 4 is 28.1 Å². The van der Waals surface area contributed by atoms with E-state index in [9.17, 15) is 9.90 Å². The number of nitrogens with zero attached hydrogens (tertiary/aromatic N) is 1. The summed E-state index contributed by atoms with van der Waals surface area (Å²) in [6.45, 7) is 6.75. The highest BCUT2D eigenvalue weighted by Crippen LogP contribution is 2.37. The molecular formula is C20H24N2O2. The second-order valence-corrected chi connectivity index (χ2v) is 7.48. The van der Waals surface area contributed by atoms with E-state index in [0.717, 1.165) is 22.0 Å². The van der Waals surface area contributed by atoms with E-state index in [4.69, 9.17) is 5.73 Å². The first-order valence-electron chi connectivity index (χ1n) is 8.27. The van der Waals surface area contributed by atoms with Gasteiger partial charge < -0.3 is 15.7 Å². The zero-order valence-electron chi connectivity index (χ0n) is 14.4. The number of nitrogen functional groups attached to an aromatic ring is 1. The van der Waals surface area contributed by atoms with Crippen LogP contribution in [0.3, 0.4) is 0 Å². The Morgan fingerprint density at radius 2 is 1.83 bits per heavy atom. The number of rotatable bonds is 1. The molecule has 3 rings (SSSR count). The number of fused-ring (bicyclic) bond motifs is 1. The molecule has 1 unspecified atom stereocenters. The molecule has 1 aliphatic rings. The molecule has 0 fully saturated rings. The number of hydrogen-bond donors (Lipinski definition) is 2. The molecule has 2 aromatic rings. The molecule has 1 amide bonds. The maximum atomic E-state index is 11.6. The van der Waals surface area contributed by atoms with E-state index >= 15 is 0 Å². The van der Waals surface area contributed by atoms with Crippen molar-refractivity contribution in [2.24, 2.45) is 5.41 Å². The van der Waals surface area contributed by atoms with Crippen LogP contribution >= 0.6 is 0 Å². The van der Waals surface area contributed by atoms with Gasteiger partial charge in [0, 0.05) is 17.6 Å². The molecule has 0 aromatic heterocycles. The van der Waals surface area contributed by atoms with Gasteiger partial charge in [0.15, 0.2) is 0 Å². The van der Waals surface area contributed by atoms with Gasteiger partial charge in [0.2, 0.25) is 0 Å². The molecule has 4 nitrogen and oxygen atoms in total. The van der Waals surface area contributed by atoms with Crippen LogP contribution in [0, 0.1) is 5.41 Å². The van der Waals surface area contributed by atoms with Gasteiger partial charge >= 0.3 is 6.09 Å². The SMILES string of the molecule is CC(C)(C)C1C=C(c2ccc(N)c3ccccc23)CCN1C(=O)O. The highest BCUT2D eigenvalue weighted by Gasteiger charge is 2.35. The third kappa shape index (κ3) is 2.84. The summed E-state index contributed by atoms with van der Waals surface area (Å²) in [4.78, 5) is 13.1. The van der Waals surface area contributed by atoms with Gasteiger partial charge in [-0.1, -0.05) is 57.2 Å². The maximum absolute atomic E-state index is 11.6. The number of hydrogen-bond acceptors (Lipinski definition) is 2. The van der Waals surface area contributed by atoms with E-state index in [1.54, 1.807) is 4.90 Å². The first-order valence-corrected chi connectivity index (χ1v) is 8.27. The van der Waals surface area contributed by atoms with Gasteiger partial charge in [-0.05, 0) is 34.4 Å². The third-order valence-electron chi connectivity index (χ3n) is 4.75. The highest BCUT2D eigenvalue weighted by atomic mass is 16.4. The van der Waals surface area contributed by atoms with Gasteiger partial charge in [-0.15, -0.1) is 0 Å². The maximum Gasteiger partial charge on any atom is 0.407 e. The van der Waals surface area contributed by atoms with Gasteiger partial charge in [0.05, 0.1) is 6.04 Å². The zero-order chi connectivity index (χ0) is 17.5. The van der Waals surface area contributed by atoms with Crippen molar-refractivity contribution < 1.29 is 9.90 Å². The summed E-state index contributed by atoms with van der Waals surface area (Å²) >= 11 is 0. The van der Waals surface area contributed by atoms with Crippen molar-refractivity contribution in [3.8, 4) is 0 Å². The van der Waals surface area contributed by atoms with Crippen LogP contribution in [0.1, 0.15) is 32.8 Å². The van der Waals surface area contributed by atoms with Crippen LogP contribution < -0.4 is 5.73 Å². The van der Waals surface area contributed by atoms with Crippen LogP contribution in [-0.4, -0.2) is 28.7 Å². The Balaban J connectivity index is 2.13. The third-order valence-corrected chi connectivity index (χ3v) is 4.75. The summed E-state index contributed by atoms with van der Waals surface area (Å²) in [5, 5.41) is 11.7. The minimum absolute atomic E-state index is 0.143. The van der Waals surface area contributed by atoms with E-state index in [-0.39, 0.29) is 11.5 Å². The zero-order valence-corrected chi connectivity index (χ0v) is 14.4. The Morgan fingerprint density at radius 3 is 2.46 bits per heavy atom. The summed E-state index contributed by atoms with van der Waals surface area (Å²) in [6, 6.07) is 12.0. The second-order valence-electron chi connectivity index (χ2n) is 7.48. The summed E-state index contributed by atoms with van der Waals surface area (Å²) < 4.78 is 0. The molecule has 0 spiro atoms. The van der Waals surface area contributed by atoms with E-state index < -0.39 is 6.09 Å². The lowest BCUT2D eigenvalue weighted by atomic mass is 9.80. The smallest absolute Gasteiger partial charge is 0.407 e. The standard InChI is InChI=1S/C20H24N2O2/c1-20(2,3)18-12-13(10-11-22(18)19(23)24)14-8-9-17(21)16-7-5-4-6-15(14)16/h4-9,12,18H,10-11,21H2,1-3H3,(H,23,24). The molecule has 0 saturated carbocycles. The average molecular weight is 324 g/mol. The molecule has 0 saturated heterocycles.